The molecule has 0 unspecified atom stereocenters. The van der Waals surface area contributed by atoms with Crippen molar-refractivity contribution < 1.29 is 9.53 Å². The predicted octanol–water partition coefficient (Wildman–Crippen LogP) is 1.29. The third-order valence-corrected chi connectivity index (χ3v) is 5.75. The molecule has 0 saturated carbocycles. The first kappa shape index (κ1) is 18.9. The molecular formula is C21H25N7O2. The van der Waals surface area contributed by atoms with Crippen molar-refractivity contribution in [3.63, 3.8) is 0 Å². The van der Waals surface area contributed by atoms with Crippen LogP contribution in [0.3, 0.4) is 0 Å². The standard InChI is InChI=1S/C21H25N7O2/c29-18(12-16-6-2-1-3-7-16)27-10-11-30-17(13-27)14-28-21-19(24-25-28)20(22-15-23-21)26-8-4-5-9-26/h1-3,6-7,15,17H,4-5,8-14H2/t17-/m1/s1. The maximum Gasteiger partial charge on any atom is 0.227 e. The number of aromatic nitrogens is 5. The molecule has 30 heavy (non-hydrogen) atoms. The fourth-order valence-corrected chi connectivity index (χ4v) is 4.19. The zero-order valence-electron chi connectivity index (χ0n) is 16.9. The highest BCUT2D eigenvalue weighted by atomic mass is 16.5. The third-order valence-electron chi connectivity index (χ3n) is 5.75. The van der Waals surface area contributed by atoms with Gasteiger partial charge in [-0.05, 0) is 18.4 Å². The lowest BCUT2D eigenvalue weighted by Crippen LogP contribution is -2.47. The number of hydrogen-bond donors (Lipinski definition) is 0. The lowest BCUT2D eigenvalue weighted by Gasteiger charge is -2.33. The van der Waals surface area contributed by atoms with E-state index in [4.69, 9.17) is 4.74 Å². The van der Waals surface area contributed by atoms with Crippen LogP contribution in [0.2, 0.25) is 0 Å². The van der Waals surface area contributed by atoms with Gasteiger partial charge in [-0.3, -0.25) is 4.79 Å². The maximum absolute atomic E-state index is 12.7. The molecule has 9 nitrogen and oxygen atoms in total. The first-order valence-corrected chi connectivity index (χ1v) is 10.5. The summed E-state index contributed by atoms with van der Waals surface area (Å²) in [4.78, 5) is 25.7. The summed E-state index contributed by atoms with van der Waals surface area (Å²) in [5, 5.41) is 8.66. The summed E-state index contributed by atoms with van der Waals surface area (Å²) >= 11 is 0. The van der Waals surface area contributed by atoms with E-state index >= 15 is 0 Å². The Morgan fingerprint density at radius 3 is 2.77 bits per heavy atom. The van der Waals surface area contributed by atoms with Crippen LogP contribution < -0.4 is 4.90 Å². The second-order valence-corrected chi connectivity index (χ2v) is 7.83. The molecule has 0 aliphatic carbocycles. The normalized spacial score (nSPS) is 19.5. The second-order valence-electron chi connectivity index (χ2n) is 7.83. The monoisotopic (exact) mass is 407 g/mol. The van der Waals surface area contributed by atoms with Crippen molar-refractivity contribution in [3.8, 4) is 0 Å². The Balaban J connectivity index is 1.28. The Kier molecular flexibility index (Phi) is 5.27. The average molecular weight is 407 g/mol. The molecule has 4 heterocycles. The van der Waals surface area contributed by atoms with E-state index in [1.54, 1.807) is 11.0 Å². The number of amides is 1. The number of carbonyl (C=O) groups is 1. The van der Waals surface area contributed by atoms with E-state index in [2.05, 4.69) is 25.2 Å². The smallest absolute Gasteiger partial charge is 0.227 e. The predicted molar refractivity (Wildman–Crippen MR) is 111 cm³/mol. The van der Waals surface area contributed by atoms with Crippen LogP contribution in [-0.2, 0) is 22.5 Å². The number of morpholine rings is 1. The summed E-state index contributed by atoms with van der Waals surface area (Å²) in [5.41, 5.74) is 2.47. The lowest BCUT2D eigenvalue weighted by molar-refractivity contribution is -0.138. The number of nitrogens with zero attached hydrogens (tertiary/aromatic N) is 7. The van der Waals surface area contributed by atoms with Crippen molar-refractivity contribution in [1.82, 2.24) is 29.9 Å². The van der Waals surface area contributed by atoms with Crippen LogP contribution in [0.4, 0.5) is 5.82 Å². The Hall–Kier alpha value is -3.07. The van der Waals surface area contributed by atoms with Crippen LogP contribution >= 0.6 is 0 Å². The van der Waals surface area contributed by atoms with Crippen LogP contribution in [0, 0.1) is 0 Å². The molecule has 2 aliphatic heterocycles. The van der Waals surface area contributed by atoms with Gasteiger partial charge in [0.15, 0.2) is 17.0 Å². The summed E-state index contributed by atoms with van der Waals surface area (Å²) in [6.07, 6.45) is 4.18. The van der Waals surface area contributed by atoms with Crippen molar-refractivity contribution >= 4 is 22.9 Å². The highest BCUT2D eigenvalue weighted by molar-refractivity contribution is 5.82. The molecule has 0 bridgehead atoms. The van der Waals surface area contributed by atoms with Crippen molar-refractivity contribution in [3.05, 3.63) is 42.2 Å². The van der Waals surface area contributed by atoms with Crippen LogP contribution in [0.5, 0.6) is 0 Å². The molecule has 5 rings (SSSR count). The molecule has 2 fully saturated rings. The van der Waals surface area contributed by atoms with Gasteiger partial charge in [0.25, 0.3) is 0 Å². The average Bonchev–Trinajstić information content (AvgIpc) is 3.45. The van der Waals surface area contributed by atoms with Gasteiger partial charge in [-0.25, -0.2) is 14.6 Å². The number of rotatable bonds is 5. The van der Waals surface area contributed by atoms with Crippen molar-refractivity contribution in [1.29, 1.82) is 0 Å². The molecule has 1 amide bonds. The van der Waals surface area contributed by atoms with Gasteiger partial charge in [0, 0.05) is 26.2 Å². The van der Waals surface area contributed by atoms with Crippen molar-refractivity contribution in [2.24, 2.45) is 0 Å². The zero-order valence-corrected chi connectivity index (χ0v) is 16.9. The lowest BCUT2D eigenvalue weighted by atomic mass is 10.1. The number of benzene rings is 1. The van der Waals surface area contributed by atoms with E-state index in [-0.39, 0.29) is 12.0 Å². The molecule has 2 saturated heterocycles. The van der Waals surface area contributed by atoms with Crippen LogP contribution in [0.15, 0.2) is 36.7 Å². The third kappa shape index (κ3) is 3.85. The second kappa shape index (κ2) is 8.35. The maximum atomic E-state index is 12.7. The van der Waals surface area contributed by atoms with Crippen LogP contribution in [0.1, 0.15) is 18.4 Å². The minimum atomic E-state index is -0.145. The first-order chi connectivity index (χ1) is 14.8. The van der Waals surface area contributed by atoms with Gasteiger partial charge in [-0.2, -0.15) is 0 Å². The molecule has 2 aromatic heterocycles. The van der Waals surface area contributed by atoms with Gasteiger partial charge in [0.1, 0.15) is 6.33 Å². The Morgan fingerprint density at radius 1 is 1.10 bits per heavy atom. The Labute approximate surface area is 174 Å². The van der Waals surface area contributed by atoms with E-state index in [1.165, 1.54) is 12.8 Å². The summed E-state index contributed by atoms with van der Waals surface area (Å²) in [6.45, 7) is 4.15. The molecule has 0 radical (unpaired) electrons. The summed E-state index contributed by atoms with van der Waals surface area (Å²) < 4.78 is 7.69. The number of fused-ring (bicyclic) bond motifs is 1. The van der Waals surface area contributed by atoms with Crippen LogP contribution in [0.25, 0.3) is 11.2 Å². The number of hydrogen-bond acceptors (Lipinski definition) is 7. The summed E-state index contributed by atoms with van der Waals surface area (Å²) in [5.74, 6) is 0.976. The number of ether oxygens (including phenoxy) is 1. The van der Waals surface area contributed by atoms with E-state index < -0.39 is 0 Å². The Bertz CT molecular complexity index is 1020. The summed E-state index contributed by atoms with van der Waals surface area (Å²) in [7, 11) is 0. The summed E-state index contributed by atoms with van der Waals surface area (Å²) in [6, 6.07) is 9.83. The highest BCUT2D eigenvalue weighted by Gasteiger charge is 2.26. The largest absolute Gasteiger partial charge is 0.373 e. The molecule has 1 aromatic carbocycles. The van der Waals surface area contributed by atoms with Gasteiger partial charge in [-0.15, -0.1) is 5.10 Å². The zero-order chi connectivity index (χ0) is 20.3. The Morgan fingerprint density at radius 2 is 1.93 bits per heavy atom. The molecule has 0 spiro atoms. The minimum Gasteiger partial charge on any atom is -0.373 e. The topological polar surface area (TPSA) is 89.3 Å². The van der Waals surface area contributed by atoms with Crippen LogP contribution in [-0.4, -0.2) is 74.7 Å². The van der Waals surface area contributed by atoms with Crippen molar-refractivity contribution in [2.45, 2.75) is 31.9 Å². The molecule has 1 atom stereocenters. The number of carbonyl (C=O) groups excluding carboxylic acids is 1. The molecular weight excluding hydrogens is 382 g/mol. The van der Waals surface area contributed by atoms with E-state index in [0.717, 1.165) is 30.0 Å². The van der Waals surface area contributed by atoms with Gasteiger partial charge in [-0.1, -0.05) is 35.5 Å². The van der Waals surface area contributed by atoms with Gasteiger partial charge >= 0.3 is 0 Å². The van der Waals surface area contributed by atoms with E-state index in [9.17, 15) is 4.79 Å². The molecule has 2 aliphatic rings. The molecule has 9 heteroatoms. The van der Waals surface area contributed by atoms with E-state index in [1.807, 2.05) is 35.2 Å². The highest BCUT2D eigenvalue weighted by Crippen LogP contribution is 2.24. The van der Waals surface area contributed by atoms with Gasteiger partial charge in [0.05, 0.1) is 25.7 Å². The fourth-order valence-electron chi connectivity index (χ4n) is 4.19. The quantitative estimate of drug-likeness (QED) is 0.630. The van der Waals surface area contributed by atoms with Gasteiger partial charge in [0.2, 0.25) is 5.91 Å². The van der Waals surface area contributed by atoms with E-state index in [0.29, 0.717) is 38.3 Å². The first-order valence-electron chi connectivity index (χ1n) is 10.5. The van der Waals surface area contributed by atoms with Crippen molar-refractivity contribution in [2.75, 3.05) is 37.7 Å². The minimum absolute atomic E-state index is 0.122. The number of anilines is 1. The molecule has 156 valence electrons. The molecule has 3 aromatic rings. The SMILES string of the molecule is O=C(Cc1ccccc1)N1CCO[C@@H](Cn2nnc3c(N4CCCC4)ncnc32)C1. The van der Waals surface area contributed by atoms with Gasteiger partial charge < -0.3 is 14.5 Å². The molecule has 0 N–H and O–H groups in total. The fraction of sp³-hybridized carbons (Fsp3) is 0.476.